The number of carbonyl (C=O) groups is 1. The summed E-state index contributed by atoms with van der Waals surface area (Å²) in [5, 5.41) is 8.84. The van der Waals surface area contributed by atoms with E-state index in [1.54, 1.807) is 11.8 Å². The highest BCUT2D eigenvalue weighted by Gasteiger charge is 2.26. The summed E-state index contributed by atoms with van der Waals surface area (Å²) < 4.78 is 12.7. The summed E-state index contributed by atoms with van der Waals surface area (Å²) in [4.78, 5) is 20.4. The van der Waals surface area contributed by atoms with Gasteiger partial charge < -0.3 is 10.0 Å². The Morgan fingerprint density at radius 1 is 1.59 bits per heavy atom. The lowest BCUT2D eigenvalue weighted by Crippen LogP contribution is -2.44. The molecule has 0 radical (unpaired) electrons. The number of rotatable bonds is 3. The van der Waals surface area contributed by atoms with Crippen molar-refractivity contribution in [2.24, 2.45) is 0 Å². The van der Waals surface area contributed by atoms with Gasteiger partial charge in [0.1, 0.15) is 0 Å². The predicted molar refractivity (Wildman–Crippen MR) is 62.7 cm³/mol. The van der Waals surface area contributed by atoms with Crippen LogP contribution in [0.1, 0.15) is 6.42 Å². The molecule has 1 unspecified atom stereocenters. The lowest BCUT2D eigenvalue weighted by molar-refractivity contribution is -0.137. The van der Waals surface area contributed by atoms with Crippen molar-refractivity contribution >= 4 is 23.7 Å². The highest BCUT2D eigenvalue weighted by molar-refractivity contribution is 7.99. The van der Waals surface area contributed by atoms with Gasteiger partial charge >= 0.3 is 5.97 Å². The Labute approximate surface area is 102 Å². The van der Waals surface area contributed by atoms with Gasteiger partial charge in [-0.3, -0.25) is 4.79 Å². The van der Waals surface area contributed by atoms with Gasteiger partial charge in [-0.05, 0) is 0 Å². The second-order valence-corrected chi connectivity index (χ2v) is 4.87. The molecule has 0 amide bonds. The number of thioether (sulfide) groups is 1. The first-order valence-electron chi connectivity index (χ1n) is 5.20. The SMILES string of the molecule is O=C(O)CC1CSCCN1c1ncc(F)cn1. The number of hydrogen-bond donors (Lipinski definition) is 1. The zero-order valence-electron chi connectivity index (χ0n) is 9.04. The third-order valence-corrected chi connectivity index (χ3v) is 3.59. The third kappa shape index (κ3) is 3.06. The molecule has 0 bridgehead atoms. The Balaban J connectivity index is 2.15. The number of aliphatic carboxylic acids is 1. The van der Waals surface area contributed by atoms with E-state index in [0.29, 0.717) is 12.5 Å². The van der Waals surface area contributed by atoms with Crippen LogP contribution in [0, 0.1) is 5.82 Å². The average Bonchev–Trinajstić information content (AvgIpc) is 2.30. The van der Waals surface area contributed by atoms with E-state index >= 15 is 0 Å². The molecular weight excluding hydrogens is 245 g/mol. The summed E-state index contributed by atoms with van der Waals surface area (Å²) >= 11 is 1.71. The Bertz CT molecular complexity index is 401. The Kier molecular flexibility index (Phi) is 3.78. The Morgan fingerprint density at radius 2 is 2.29 bits per heavy atom. The minimum atomic E-state index is -0.843. The van der Waals surface area contributed by atoms with E-state index in [-0.39, 0.29) is 12.5 Å². The first-order valence-corrected chi connectivity index (χ1v) is 6.36. The van der Waals surface area contributed by atoms with E-state index in [9.17, 15) is 9.18 Å². The number of hydrogen-bond acceptors (Lipinski definition) is 5. The van der Waals surface area contributed by atoms with Crippen LogP contribution in [0.2, 0.25) is 0 Å². The van der Waals surface area contributed by atoms with Crippen molar-refractivity contribution in [2.45, 2.75) is 12.5 Å². The minimum absolute atomic E-state index is 0.0493. The van der Waals surface area contributed by atoms with Gasteiger partial charge in [-0.15, -0.1) is 0 Å². The molecule has 1 N–H and O–H groups in total. The van der Waals surface area contributed by atoms with Crippen LogP contribution in [0.5, 0.6) is 0 Å². The zero-order valence-corrected chi connectivity index (χ0v) is 9.86. The normalized spacial score (nSPS) is 20.3. The molecule has 7 heteroatoms. The number of halogens is 1. The van der Waals surface area contributed by atoms with Gasteiger partial charge in [0.2, 0.25) is 5.95 Å². The smallest absolute Gasteiger partial charge is 0.305 e. The topological polar surface area (TPSA) is 66.3 Å². The third-order valence-electron chi connectivity index (χ3n) is 2.50. The predicted octanol–water partition coefficient (Wildman–Crippen LogP) is 1.01. The molecule has 1 aliphatic heterocycles. The van der Waals surface area contributed by atoms with Crippen molar-refractivity contribution in [3.8, 4) is 0 Å². The molecule has 17 heavy (non-hydrogen) atoms. The van der Waals surface area contributed by atoms with Crippen LogP contribution in [0.25, 0.3) is 0 Å². The minimum Gasteiger partial charge on any atom is -0.481 e. The quantitative estimate of drug-likeness (QED) is 0.871. The first kappa shape index (κ1) is 12.1. The molecule has 1 aliphatic rings. The molecular formula is C10H12FN3O2S. The van der Waals surface area contributed by atoms with Gasteiger partial charge in [-0.1, -0.05) is 0 Å². The summed E-state index contributed by atoms with van der Waals surface area (Å²) in [6.07, 6.45) is 2.25. The maximum Gasteiger partial charge on any atom is 0.305 e. The molecule has 1 aromatic heterocycles. The first-order chi connectivity index (χ1) is 8.16. The van der Waals surface area contributed by atoms with E-state index in [0.717, 1.165) is 23.9 Å². The van der Waals surface area contributed by atoms with Crippen molar-refractivity contribution in [1.29, 1.82) is 0 Å². The summed E-state index contributed by atoms with van der Waals surface area (Å²) in [5.41, 5.74) is 0. The van der Waals surface area contributed by atoms with E-state index < -0.39 is 11.8 Å². The number of carboxylic acid groups (broad SMARTS) is 1. The van der Waals surface area contributed by atoms with Crippen LogP contribution in [0.4, 0.5) is 10.3 Å². The number of carboxylic acids is 1. The van der Waals surface area contributed by atoms with Gasteiger partial charge in [0.05, 0.1) is 24.9 Å². The van der Waals surface area contributed by atoms with Crippen molar-refractivity contribution in [1.82, 2.24) is 9.97 Å². The van der Waals surface area contributed by atoms with Crippen molar-refractivity contribution in [3.05, 3.63) is 18.2 Å². The molecule has 92 valence electrons. The van der Waals surface area contributed by atoms with Crippen LogP contribution < -0.4 is 4.90 Å². The fourth-order valence-corrected chi connectivity index (χ4v) is 2.80. The second kappa shape index (κ2) is 5.31. The van der Waals surface area contributed by atoms with Crippen molar-refractivity contribution in [2.75, 3.05) is 23.0 Å². The van der Waals surface area contributed by atoms with Crippen LogP contribution in [-0.2, 0) is 4.79 Å². The monoisotopic (exact) mass is 257 g/mol. The van der Waals surface area contributed by atoms with Gasteiger partial charge in [-0.2, -0.15) is 11.8 Å². The van der Waals surface area contributed by atoms with Gasteiger partial charge in [0.15, 0.2) is 5.82 Å². The lowest BCUT2D eigenvalue weighted by atomic mass is 10.2. The molecule has 0 aliphatic carbocycles. The number of nitrogens with zero attached hydrogens (tertiary/aromatic N) is 3. The molecule has 0 aromatic carbocycles. The molecule has 0 spiro atoms. The van der Waals surface area contributed by atoms with Crippen LogP contribution >= 0.6 is 11.8 Å². The van der Waals surface area contributed by atoms with E-state index in [1.165, 1.54) is 0 Å². The zero-order chi connectivity index (χ0) is 12.3. The van der Waals surface area contributed by atoms with Gasteiger partial charge in [0, 0.05) is 18.1 Å². The lowest BCUT2D eigenvalue weighted by Gasteiger charge is -2.34. The molecule has 5 nitrogen and oxygen atoms in total. The number of anilines is 1. The highest BCUT2D eigenvalue weighted by atomic mass is 32.2. The standard InChI is InChI=1S/C10H12FN3O2S/c11-7-4-12-10(13-5-7)14-1-2-17-6-8(14)3-9(15)16/h4-5,8H,1-3,6H2,(H,15,16). The summed E-state index contributed by atoms with van der Waals surface area (Å²) in [6.45, 7) is 0.689. The highest BCUT2D eigenvalue weighted by Crippen LogP contribution is 2.22. The van der Waals surface area contributed by atoms with Crippen LogP contribution in [0.3, 0.4) is 0 Å². The molecule has 1 atom stereocenters. The maximum absolute atomic E-state index is 12.7. The second-order valence-electron chi connectivity index (χ2n) is 3.72. The fraction of sp³-hybridized carbons (Fsp3) is 0.500. The number of aromatic nitrogens is 2. The molecule has 1 saturated heterocycles. The van der Waals surface area contributed by atoms with Crippen molar-refractivity contribution in [3.63, 3.8) is 0 Å². The van der Waals surface area contributed by atoms with Crippen molar-refractivity contribution < 1.29 is 14.3 Å². The van der Waals surface area contributed by atoms with Crippen LogP contribution in [0.15, 0.2) is 12.4 Å². The van der Waals surface area contributed by atoms with Gasteiger partial charge in [0.25, 0.3) is 0 Å². The summed E-state index contributed by atoms with van der Waals surface area (Å²) in [5.74, 6) is 0.696. The molecule has 0 saturated carbocycles. The Morgan fingerprint density at radius 3 is 2.94 bits per heavy atom. The summed E-state index contributed by atoms with van der Waals surface area (Å²) in [6, 6.07) is -0.128. The van der Waals surface area contributed by atoms with Crippen LogP contribution in [-0.4, -0.2) is 45.1 Å². The molecule has 1 fully saturated rings. The molecule has 1 aromatic rings. The van der Waals surface area contributed by atoms with Gasteiger partial charge in [-0.25, -0.2) is 14.4 Å². The summed E-state index contributed by atoms with van der Waals surface area (Å²) in [7, 11) is 0. The molecule has 2 rings (SSSR count). The Hall–Kier alpha value is -1.37. The van der Waals surface area contributed by atoms with E-state index in [4.69, 9.17) is 5.11 Å². The van der Waals surface area contributed by atoms with E-state index in [1.807, 2.05) is 4.90 Å². The van der Waals surface area contributed by atoms with E-state index in [2.05, 4.69) is 9.97 Å². The fourth-order valence-electron chi connectivity index (χ4n) is 1.74. The average molecular weight is 257 g/mol. The molecule has 2 heterocycles. The largest absolute Gasteiger partial charge is 0.481 e. The maximum atomic E-state index is 12.7.